The maximum atomic E-state index is 15.0. The third-order valence-electron chi connectivity index (χ3n) is 19.1. The molecule has 0 aromatic rings. The van der Waals surface area contributed by atoms with Crippen LogP contribution in [0.3, 0.4) is 0 Å². The van der Waals surface area contributed by atoms with E-state index in [2.05, 4.69) is 40.7 Å². The van der Waals surface area contributed by atoms with Crippen LogP contribution in [0.5, 0.6) is 0 Å². The average molecular weight is 929 g/mol. The van der Waals surface area contributed by atoms with E-state index in [1.807, 2.05) is 13.8 Å². The molecular formula is C47H76O18. The summed E-state index contributed by atoms with van der Waals surface area (Å²) < 4.78 is 35.1. The lowest BCUT2D eigenvalue weighted by molar-refractivity contribution is -0.328. The Morgan fingerprint density at radius 2 is 1.29 bits per heavy atom. The minimum absolute atomic E-state index is 0.121. The van der Waals surface area contributed by atoms with Crippen LogP contribution in [0.25, 0.3) is 0 Å². The topological polar surface area (TPSA) is 295 Å². The smallest absolute Gasteiger partial charge is 0.315 e. The van der Waals surface area contributed by atoms with Gasteiger partial charge < -0.3 is 84.6 Å². The molecule has 23 atom stereocenters. The van der Waals surface area contributed by atoms with Crippen molar-refractivity contribution in [1.29, 1.82) is 0 Å². The number of fused-ring (bicyclic) bond motifs is 7. The predicted octanol–water partition coefficient (Wildman–Crippen LogP) is -0.250. The number of ether oxygens (including phenoxy) is 6. The first-order valence-corrected chi connectivity index (χ1v) is 23.8. The quantitative estimate of drug-likeness (QED) is 0.0850. The number of rotatable bonds is 8. The van der Waals surface area contributed by atoms with Crippen molar-refractivity contribution >= 4 is 5.97 Å². The van der Waals surface area contributed by atoms with E-state index in [9.17, 15) is 61.0 Å². The number of esters is 1. The molecule has 0 aromatic carbocycles. The molecule has 3 heterocycles. The minimum atomic E-state index is -1.86. The Labute approximate surface area is 380 Å². The van der Waals surface area contributed by atoms with E-state index in [1.165, 1.54) is 0 Å². The molecule has 8 aliphatic rings. The maximum absolute atomic E-state index is 15.0. The summed E-state index contributed by atoms with van der Waals surface area (Å²) in [5.74, 6) is -0.858. The number of hydrogen-bond acceptors (Lipinski definition) is 18. The molecule has 0 bridgehead atoms. The molecule has 0 spiro atoms. The van der Waals surface area contributed by atoms with Crippen LogP contribution in [0.4, 0.5) is 0 Å². The van der Waals surface area contributed by atoms with Crippen LogP contribution < -0.4 is 0 Å². The van der Waals surface area contributed by atoms with Crippen molar-refractivity contribution in [3.8, 4) is 0 Å². The number of allylic oxidation sites excluding steroid dienone is 1. The fraction of sp³-hybridized carbons (Fsp3) is 0.936. The normalized spacial score (nSPS) is 53.9. The fourth-order valence-corrected chi connectivity index (χ4v) is 14.6. The second-order valence-corrected chi connectivity index (χ2v) is 23.0. The van der Waals surface area contributed by atoms with Gasteiger partial charge in [-0.3, -0.25) is 4.79 Å². The highest BCUT2D eigenvalue weighted by molar-refractivity contribution is 5.79. The van der Waals surface area contributed by atoms with Gasteiger partial charge in [0.1, 0.15) is 67.1 Å². The van der Waals surface area contributed by atoms with E-state index >= 15 is 0 Å². The molecule has 7 fully saturated rings. The van der Waals surface area contributed by atoms with Crippen molar-refractivity contribution in [2.24, 2.45) is 50.2 Å². The molecule has 8 rings (SSSR count). The van der Waals surface area contributed by atoms with Crippen LogP contribution in [0.15, 0.2) is 11.6 Å². The third-order valence-corrected chi connectivity index (χ3v) is 19.1. The zero-order chi connectivity index (χ0) is 47.6. The second-order valence-electron chi connectivity index (χ2n) is 23.0. The van der Waals surface area contributed by atoms with Gasteiger partial charge in [-0.1, -0.05) is 60.1 Å². The van der Waals surface area contributed by atoms with Crippen LogP contribution in [0.2, 0.25) is 0 Å². The first kappa shape index (κ1) is 50.0. The van der Waals surface area contributed by atoms with Gasteiger partial charge in [-0.15, -0.1) is 0 Å². The lowest BCUT2D eigenvalue weighted by Crippen LogP contribution is -2.67. The van der Waals surface area contributed by atoms with E-state index in [-0.39, 0.29) is 40.8 Å². The standard InChI is InChI=1S/C47H76O18/c1-42(2)14-16-47(41(59)65-40-36(57)33(54)31(52)24(63-40)20-61-38-35(56)32(53)30(51)23(18-48)62-38)17-15-45(6)21(28(47)37(42)58)8-9-26-44(5)12-11-27(43(3,4)25(44)10-13-46(26,45)7)64-39-34(55)29(50)22(49)19-60-39/h8,22-40,48-58H,9-20H2,1-7H3/t22-,23-,24+,25+,26-,27+,28-,29+,30+,31+,32+,33-,34+,35+,36+,37+,38-,39+,40-,44-,45+,46+,47-/m1/s1. The zero-order valence-electron chi connectivity index (χ0n) is 38.8. The molecule has 5 aliphatic carbocycles. The molecule has 0 aromatic heterocycles. The lowest BCUT2D eigenvalue weighted by Gasteiger charge is -2.71. The summed E-state index contributed by atoms with van der Waals surface area (Å²) in [7, 11) is 0. The van der Waals surface area contributed by atoms with Crippen molar-refractivity contribution in [3.05, 3.63) is 11.6 Å². The van der Waals surface area contributed by atoms with E-state index in [4.69, 9.17) is 28.4 Å². The monoisotopic (exact) mass is 929 g/mol. The van der Waals surface area contributed by atoms with E-state index in [0.29, 0.717) is 32.1 Å². The van der Waals surface area contributed by atoms with E-state index in [0.717, 1.165) is 31.3 Å². The summed E-state index contributed by atoms with van der Waals surface area (Å²) >= 11 is 0. The highest BCUT2D eigenvalue weighted by atomic mass is 16.7. The Morgan fingerprint density at radius 1 is 0.677 bits per heavy atom. The highest BCUT2D eigenvalue weighted by Crippen LogP contribution is 2.76. The number of carbonyl (C=O) groups excluding carboxylic acids is 1. The van der Waals surface area contributed by atoms with Gasteiger partial charge in [0.2, 0.25) is 6.29 Å². The maximum Gasteiger partial charge on any atom is 0.315 e. The average Bonchev–Trinajstić information content (AvgIpc) is 3.25. The van der Waals surface area contributed by atoms with E-state index < -0.39 is 133 Å². The van der Waals surface area contributed by atoms with Crippen molar-refractivity contribution in [2.45, 2.75) is 204 Å². The van der Waals surface area contributed by atoms with Gasteiger partial charge >= 0.3 is 5.97 Å². The van der Waals surface area contributed by atoms with Crippen LogP contribution in [0, 0.1) is 50.2 Å². The largest absolute Gasteiger partial charge is 0.432 e. The summed E-state index contributed by atoms with van der Waals surface area (Å²) in [6.07, 6.45) is -14.5. The lowest BCUT2D eigenvalue weighted by atomic mass is 9.33. The van der Waals surface area contributed by atoms with Gasteiger partial charge in [0.15, 0.2) is 12.6 Å². The van der Waals surface area contributed by atoms with Crippen molar-refractivity contribution < 1.29 is 89.4 Å². The van der Waals surface area contributed by atoms with Gasteiger partial charge in [-0.25, -0.2) is 0 Å². The van der Waals surface area contributed by atoms with Crippen molar-refractivity contribution in [2.75, 3.05) is 19.8 Å². The Bertz CT molecular complexity index is 1780. The van der Waals surface area contributed by atoms with E-state index in [1.54, 1.807) is 0 Å². The molecule has 11 N–H and O–H groups in total. The molecule has 3 saturated heterocycles. The fourth-order valence-electron chi connectivity index (χ4n) is 14.6. The van der Waals surface area contributed by atoms with Gasteiger partial charge in [0.25, 0.3) is 0 Å². The van der Waals surface area contributed by atoms with Crippen LogP contribution in [-0.2, 0) is 33.2 Å². The molecule has 4 saturated carbocycles. The molecule has 0 radical (unpaired) electrons. The number of aliphatic hydroxyl groups is 11. The van der Waals surface area contributed by atoms with Crippen molar-refractivity contribution in [1.82, 2.24) is 0 Å². The first-order chi connectivity index (χ1) is 30.3. The Balaban J connectivity index is 1.03. The molecule has 372 valence electrons. The highest BCUT2D eigenvalue weighted by Gasteiger charge is 2.71. The van der Waals surface area contributed by atoms with Gasteiger partial charge in [0.05, 0.1) is 37.4 Å². The summed E-state index contributed by atoms with van der Waals surface area (Å²) in [6, 6.07) is 0. The summed E-state index contributed by atoms with van der Waals surface area (Å²) in [5, 5.41) is 117. The van der Waals surface area contributed by atoms with Crippen LogP contribution in [0.1, 0.15) is 106 Å². The summed E-state index contributed by atoms with van der Waals surface area (Å²) in [5.41, 5.74) is -1.85. The molecule has 18 heteroatoms. The third kappa shape index (κ3) is 7.71. The van der Waals surface area contributed by atoms with Gasteiger partial charge in [-0.2, -0.15) is 0 Å². The zero-order valence-corrected chi connectivity index (χ0v) is 38.8. The second kappa shape index (κ2) is 17.5. The molecule has 65 heavy (non-hydrogen) atoms. The predicted molar refractivity (Wildman–Crippen MR) is 226 cm³/mol. The number of hydrogen-bond donors (Lipinski definition) is 11. The molecule has 18 nitrogen and oxygen atoms in total. The van der Waals surface area contributed by atoms with Crippen LogP contribution >= 0.6 is 0 Å². The Morgan fingerprint density at radius 3 is 1.97 bits per heavy atom. The number of carbonyl (C=O) groups is 1. The molecule has 0 unspecified atom stereocenters. The SMILES string of the molecule is CC1(C)CC[C@@]2(C(=O)O[C@H]3O[C@@H](CO[C@@H]4O[C@H](CO)[C@H](O)[C@H](O)[C@@H]4O)[C@H](O)[C@@H](O)[C@@H]3O)CC[C@@]3(C)C(=CC[C@@H]4[C@]5(C)CC[C@H](O[C@@H]6OC[C@@H](O)[C@H](O)[C@@H]6O)C(C)(C)[C@@H]5CC[C@@]43C)[C@@H]2[C@@H]1O. The van der Waals surface area contributed by atoms with Gasteiger partial charge in [0, 0.05) is 5.92 Å². The minimum Gasteiger partial charge on any atom is -0.432 e. The van der Waals surface area contributed by atoms with Crippen LogP contribution in [-0.4, -0.2) is 180 Å². The number of aliphatic hydroxyl groups excluding tert-OH is 11. The Kier molecular flexibility index (Phi) is 13.4. The summed E-state index contributed by atoms with van der Waals surface area (Å²) in [4.78, 5) is 15.0. The Hall–Kier alpha value is -1.43. The summed E-state index contributed by atoms with van der Waals surface area (Å²) in [6.45, 7) is 14.1. The molecule has 3 aliphatic heterocycles. The first-order valence-electron chi connectivity index (χ1n) is 23.8. The van der Waals surface area contributed by atoms with Crippen molar-refractivity contribution in [3.63, 3.8) is 0 Å². The molecule has 0 amide bonds. The van der Waals surface area contributed by atoms with Gasteiger partial charge in [-0.05, 0) is 96.7 Å². The molecular weight excluding hydrogens is 852 g/mol.